The summed E-state index contributed by atoms with van der Waals surface area (Å²) in [5.41, 5.74) is 4.76. The summed E-state index contributed by atoms with van der Waals surface area (Å²) in [6, 6.07) is 14.6. The van der Waals surface area contributed by atoms with Crippen LogP contribution in [0, 0.1) is 5.82 Å². The second-order valence-electron chi connectivity index (χ2n) is 6.50. The standard InChI is InChI=1S/C21H20FN3O/c1-23-20(26)13-18-21(15-9-11-16(22)12-10-15)24-19-8-4-6-14-5-2-3-7-17(14)25(18)19/h2-3,5,7,9-12H,4,6,8,13H2,1H3,(H,23,26). The number of nitrogens with one attached hydrogen (secondary N) is 1. The lowest BCUT2D eigenvalue weighted by molar-refractivity contribution is -0.120. The summed E-state index contributed by atoms with van der Waals surface area (Å²) in [5.74, 6) is 0.596. The maximum absolute atomic E-state index is 13.4. The Hall–Kier alpha value is -2.95. The van der Waals surface area contributed by atoms with Gasteiger partial charge in [0.25, 0.3) is 0 Å². The van der Waals surface area contributed by atoms with Crippen LogP contribution in [0.2, 0.25) is 0 Å². The summed E-state index contributed by atoms with van der Waals surface area (Å²) >= 11 is 0. The fourth-order valence-corrected chi connectivity index (χ4v) is 3.58. The molecule has 2 heterocycles. The average molecular weight is 349 g/mol. The molecule has 0 unspecified atom stereocenters. The lowest BCUT2D eigenvalue weighted by atomic mass is 10.1. The molecule has 0 spiro atoms. The van der Waals surface area contributed by atoms with Gasteiger partial charge in [0, 0.05) is 19.0 Å². The SMILES string of the molecule is CNC(=O)Cc1c(-c2ccc(F)cc2)nc2n1-c1ccccc1CCC2. The van der Waals surface area contributed by atoms with Crippen molar-refractivity contribution in [2.75, 3.05) is 7.05 Å². The van der Waals surface area contributed by atoms with Crippen LogP contribution < -0.4 is 5.32 Å². The number of carbonyl (C=O) groups is 1. The molecule has 4 rings (SSSR count). The van der Waals surface area contributed by atoms with Crippen LogP contribution >= 0.6 is 0 Å². The fraction of sp³-hybridized carbons (Fsp3) is 0.238. The minimum Gasteiger partial charge on any atom is -0.359 e. The molecule has 0 bridgehead atoms. The van der Waals surface area contributed by atoms with E-state index in [4.69, 9.17) is 4.98 Å². The van der Waals surface area contributed by atoms with Crippen LogP contribution in [0.15, 0.2) is 48.5 Å². The zero-order valence-corrected chi connectivity index (χ0v) is 14.6. The molecule has 1 aliphatic heterocycles. The number of hydrogen-bond acceptors (Lipinski definition) is 2. The number of nitrogens with zero attached hydrogens (tertiary/aromatic N) is 2. The summed E-state index contributed by atoms with van der Waals surface area (Å²) in [4.78, 5) is 17.0. The minimum absolute atomic E-state index is 0.0715. The number of hydrogen-bond donors (Lipinski definition) is 1. The average Bonchev–Trinajstić information content (AvgIpc) is 2.90. The highest BCUT2D eigenvalue weighted by molar-refractivity contribution is 5.81. The number of carbonyl (C=O) groups excluding carboxylic acids is 1. The Balaban J connectivity index is 1.95. The zero-order valence-electron chi connectivity index (χ0n) is 14.6. The molecule has 0 fully saturated rings. The molecule has 26 heavy (non-hydrogen) atoms. The molecule has 2 aromatic carbocycles. The Morgan fingerprint density at radius 1 is 1.15 bits per heavy atom. The number of fused-ring (bicyclic) bond motifs is 3. The normalized spacial score (nSPS) is 12.8. The van der Waals surface area contributed by atoms with Crippen LogP contribution in [0.3, 0.4) is 0 Å². The third kappa shape index (κ3) is 2.90. The second kappa shape index (κ2) is 6.75. The second-order valence-corrected chi connectivity index (χ2v) is 6.50. The van der Waals surface area contributed by atoms with E-state index < -0.39 is 0 Å². The third-order valence-electron chi connectivity index (χ3n) is 4.85. The van der Waals surface area contributed by atoms with Gasteiger partial charge in [-0.05, 0) is 48.7 Å². The Labute approximate surface area is 151 Å². The highest BCUT2D eigenvalue weighted by atomic mass is 19.1. The van der Waals surface area contributed by atoms with Gasteiger partial charge in [0.1, 0.15) is 11.6 Å². The molecular formula is C21H20FN3O. The quantitative estimate of drug-likeness (QED) is 0.787. The molecule has 1 aromatic heterocycles. The van der Waals surface area contributed by atoms with Gasteiger partial charge < -0.3 is 5.32 Å². The topological polar surface area (TPSA) is 46.9 Å². The third-order valence-corrected chi connectivity index (χ3v) is 4.85. The Morgan fingerprint density at radius 2 is 1.92 bits per heavy atom. The van der Waals surface area contributed by atoms with Crippen LogP contribution in [0.1, 0.15) is 23.5 Å². The van der Waals surface area contributed by atoms with E-state index in [2.05, 4.69) is 22.0 Å². The molecule has 3 aromatic rings. The van der Waals surface area contributed by atoms with Gasteiger partial charge in [0.05, 0.1) is 23.5 Å². The van der Waals surface area contributed by atoms with Gasteiger partial charge in [-0.1, -0.05) is 18.2 Å². The van der Waals surface area contributed by atoms with E-state index >= 15 is 0 Å². The van der Waals surface area contributed by atoms with Gasteiger partial charge in [-0.25, -0.2) is 9.37 Å². The number of rotatable bonds is 3. The van der Waals surface area contributed by atoms with Crippen molar-refractivity contribution in [3.05, 3.63) is 71.4 Å². The number of halogens is 1. The predicted molar refractivity (Wildman–Crippen MR) is 98.8 cm³/mol. The van der Waals surface area contributed by atoms with E-state index in [0.717, 1.165) is 47.7 Å². The first-order chi connectivity index (χ1) is 12.7. The van der Waals surface area contributed by atoms with Crippen molar-refractivity contribution < 1.29 is 9.18 Å². The maximum atomic E-state index is 13.4. The molecule has 0 aliphatic carbocycles. The van der Waals surface area contributed by atoms with Crippen LogP contribution in [0.4, 0.5) is 4.39 Å². The van der Waals surface area contributed by atoms with E-state index in [1.807, 2.05) is 12.1 Å². The first-order valence-electron chi connectivity index (χ1n) is 8.82. The molecule has 0 radical (unpaired) electrons. The number of likely N-dealkylation sites (N-methyl/N-ethyl adjacent to an activating group) is 1. The monoisotopic (exact) mass is 349 g/mol. The first-order valence-corrected chi connectivity index (χ1v) is 8.82. The number of aromatic nitrogens is 2. The molecular weight excluding hydrogens is 329 g/mol. The van der Waals surface area contributed by atoms with E-state index in [0.29, 0.717) is 0 Å². The zero-order chi connectivity index (χ0) is 18.1. The van der Waals surface area contributed by atoms with Crippen molar-refractivity contribution in [2.45, 2.75) is 25.7 Å². The van der Waals surface area contributed by atoms with Crippen LogP contribution in [0.25, 0.3) is 16.9 Å². The smallest absolute Gasteiger partial charge is 0.225 e. The van der Waals surface area contributed by atoms with Gasteiger partial charge in [0.15, 0.2) is 0 Å². The van der Waals surface area contributed by atoms with Gasteiger partial charge in [-0.3, -0.25) is 9.36 Å². The van der Waals surface area contributed by atoms with Crippen LogP contribution in [-0.2, 0) is 24.1 Å². The Morgan fingerprint density at radius 3 is 2.69 bits per heavy atom. The molecule has 1 aliphatic rings. The summed E-state index contributed by atoms with van der Waals surface area (Å²) < 4.78 is 15.5. The van der Waals surface area contributed by atoms with Crippen molar-refractivity contribution in [3.8, 4) is 16.9 Å². The van der Waals surface area contributed by atoms with E-state index in [1.165, 1.54) is 17.7 Å². The summed E-state index contributed by atoms with van der Waals surface area (Å²) in [6.07, 6.45) is 3.07. The highest BCUT2D eigenvalue weighted by Crippen LogP contribution is 2.32. The van der Waals surface area contributed by atoms with Crippen LogP contribution in [-0.4, -0.2) is 22.5 Å². The van der Waals surface area contributed by atoms with E-state index in [1.54, 1.807) is 19.2 Å². The van der Waals surface area contributed by atoms with Crippen molar-refractivity contribution in [1.82, 2.24) is 14.9 Å². The largest absolute Gasteiger partial charge is 0.359 e. The lowest BCUT2D eigenvalue weighted by Crippen LogP contribution is -2.22. The lowest BCUT2D eigenvalue weighted by Gasteiger charge is -2.13. The number of para-hydroxylation sites is 1. The van der Waals surface area contributed by atoms with Crippen molar-refractivity contribution >= 4 is 5.91 Å². The van der Waals surface area contributed by atoms with Crippen molar-refractivity contribution in [3.63, 3.8) is 0 Å². The summed E-state index contributed by atoms with van der Waals surface area (Å²) in [7, 11) is 1.63. The molecule has 5 heteroatoms. The number of aryl methyl sites for hydroxylation is 2. The molecule has 132 valence electrons. The molecule has 0 atom stereocenters. The van der Waals surface area contributed by atoms with Crippen molar-refractivity contribution in [1.29, 1.82) is 0 Å². The fourth-order valence-electron chi connectivity index (χ4n) is 3.58. The van der Waals surface area contributed by atoms with Gasteiger partial charge in [0.2, 0.25) is 5.91 Å². The molecule has 4 nitrogen and oxygen atoms in total. The Kier molecular flexibility index (Phi) is 4.29. The summed E-state index contributed by atoms with van der Waals surface area (Å²) in [5, 5.41) is 2.70. The molecule has 0 saturated heterocycles. The minimum atomic E-state index is -0.285. The predicted octanol–water partition coefficient (Wildman–Crippen LogP) is 3.46. The molecule has 0 saturated carbocycles. The van der Waals surface area contributed by atoms with Gasteiger partial charge >= 0.3 is 0 Å². The summed E-state index contributed by atoms with van der Waals surface area (Å²) in [6.45, 7) is 0. The maximum Gasteiger partial charge on any atom is 0.225 e. The number of amides is 1. The molecule has 1 amide bonds. The first kappa shape index (κ1) is 16.5. The van der Waals surface area contributed by atoms with Crippen molar-refractivity contribution in [2.24, 2.45) is 0 Å². The Bertz CT molecular complexity index is 960. The van der Waals surface area contributed by atoms with E-state index in [-0.39, 0.29) is 18.1 Å². The highest BCUT2D eigenvalue weighted by Gasteiger charge is 2.24. The number of benzene rings is 2. The van der Waals surface area contributed by atoms with E-state index in [9.17, 15) is 9.18 Å². The van der Waals surface area contributed by atoms with Crippen LogP contribution in [0.5, 0.6) is 0 Å². The molecule has 1 N–H and O–H groups in total. The van der Waals surface area contributed by atoms with Gasteiger partial charge in [-0.2, -0.15) is 0 Å². The van der Waals surface area contributed by atoms with Gasteiger partial charge in [-0.15, -0.1) is 0 Å². The number of imidazole rings is 1.